The van der Waals surface area contributed by atoms with Gasteiger partial charge in [-0.3, -0.25) is 9.59 Å². The molecule has 1 aromatic carbocycles. The predicted molar refractivity (Wildman–Crippen MR) is 74.7 cm³/mol. The molecule has 2 aliphatic rings. The Morgan fingerprint density at radius 2 is 1.63 bits per heavy atom. The van der Waals surface area contributed by atoms with E-state index in [2.05, 4.69) is 19.9 Å². The number of ketones is 2. The van der Waals surface area contributed by atoms with Crippen molar-refractivity contribution in [2.75, 3.05) is 0 Å². The van der Waals surface area contributed by atoms with Gasteiger partial charge in [-0.25, -0.2) is 0 Å². The summed E-state index contributed by atoms with van der Waals surface area (Å²) in [6.45, 7) is 5.85. The molecule has 1 aromatic rings. The summed E-state index contributed by atoms with van der Waals surface area (Å²) in [4.78, 5) is 24.4. The number of carbonyl (C=O) groups is 2. The Morgan fingerprint density at radius 1 is 1.00 bits per heavy atom. The lowest BCUT2D eigenvalue weighted by molar-refractivity contribution is -0.124. The fourth-order valence-electron chi connectivity index (χ4n) is 2.95. The van der Waals surface area contributed by atoms with Crippen LogP contribution >= 0.6 is 0 Å². The fraction of sp³-hybridized carbons (Fsp3) is 0.294. The zero-order valence-corrected chi connectivity index (χ0v) is 11.4. The van der Waals surface area contributed by atoms with Crippen LogP contribution in [-0.2, 0) is 15.0 Å². The summed E-state index contributed by atoms with van der Waals surface area (Å²) in [7, 11) is 0. The molecule has 2 nitrogen and oxygen atoms in total. The molecule has 0 saturated heterocycles. The zero-order chi connectivity index (χ0) is 13.8. The van der Waals surface area contributed by atoms with Gasteiger partial charge in [0.05, 0.1) is 5.92 Å². The second-order valence-electron chi connectivity index (χ2n) is 5.88. The Kier molecular flexibility index (Phi) is 2.40. The Labute approximate surface area is 112 Å². The van der Waals surface area contributed by atoms with Gasteiger partial charge < -0.3 is 0 Å². The van der Waals surface area contributed by atoms with Gasteiger partial charge in [0.15, 0.2) is 11.6 Å². The van der Waals surface area contributed by atoms with Gasteiger partial charge in [0, 0.05) is 16.6 Å². The largest absolute Gasteiger partial charge is 0.293 e. The van der Waals surface area contributed by atoms with E-state index in [1.165, 1.54) is 0 Å². The van der Waals surface area contributed by atoms with E-state index in [4.69, 9.17) is 0 Å². The molecular formula is C17H16O2. The van der Waals surface area contributed by atoms with Gasteiger partial charge in [-0.05, 0) is 24.1 Å². The average molecular weight is 252 g/mol. The minimum absolute atomic E-state index is 0.0443. The summed E-state index contributed by atoms with van der Waals surface area (Å²) >= 11 is 0. The maximum absolute atomic E-state index is 12.2. The number of Topliss-reactive ketones (excluding diaryl/α,β-unsaturated/α-hetero) is 2. The van der Waals surface area contributed by atoms with Crippen molar-refractivity contribution in [2.45, 2.75) is 26.2 Å². The molecule has 3 rings (SSSR count). The molecule has 0 bridgehead atoms. The molecule has 2 heteroatoms. The van der Waals surface area contributed by atoms with Crippen molar-refractivity contribution in [3.8, 4) is 0 Å². The van der Waals surface area contributed by atoms with Crippen LogP contribution < -0.4 is 0 Å². The van der Waals surface area contributed by atoms with Gasteiger partial charge in [0.2, 0.25) is 0 Å². The van der Waals surface area contributed by atoms with E-state index < -0.39 is 5.92 Å². The second kappa shape index (κ2) is 3.77. The highest BCUT2D eigenvalue weighted by atomic mass is 16.2. The third-order valence-corrected chi connectivity index (χ3v) is 4.07. The normalized spacial score (nSPS) is 24.3. The molecule has 0 N–H and O–H groups in total. The van der Waals surface area contributed by atoms with Crippen LogP contribution in [0.3, 0.4) is 0 Å². The maximum atomic E-state index is 12.2. The third-order valence-electron chi connectivity index (χ3n) is 4.07. The van der Waals surface area contributed by atoms with E-state index in [-0.39, 0.29) is 17.0 Å². The van der Waals surface area contributed by atoms with Crippen LogP contribution in [0.15, 0.2) is 41.5 Å². The highest BCUT2D eigenvalue weighted by Gasteiger charge is 2.41. The van der Waals surface area contributed by atoms with Crippen molar-refractivity contribution in [3.05, 3.63) is 52.6 Å². The first-order valence-corrected chi connectivity index (χ1v) is 6.54. The minimum atomic E-state index is -0.529. The van der Waals surface area contributed by atoms with Crippen molar-refractivity contribution in [1.29, 1.82) is 0 Å². The number of fused-ring (bicyclic) bond motifs is 2. The summed E-state index contributed by atoms with van der Waals surface area (Å²) in [5.74, 6) is -0.626. The van der Waals surface area contributed by atoms with E-state index >= 15 is 0 Å². The fourth-order valence-corrected chi connectivity index (χ4v) is 2.95. The molecule has 1 atom stereocenters. The molecule has 0 spiro atoms. The van der Waals surface area contributed by atoms with E-state index in [0.717, 1.165) is 11.1 Å². The first kappa shape index (κ1) is 12.1. The Morgan fingerprint density at radius 3 is 2.37 bits per heavy atom. The standard InChI is InChI=1S/C17H16O2/c1-10-15(18)12-8-11-6-4-5-7-14(11)17(2,3)9-13(12)16(10)19/h4-10H,1-3H3. The third kappa shape index (κ3) is 1.63. The van der Waals surface area contributed by atoms with Crippen molar-refractivity contribution in [3.63, 3.8) is 0 Å². The van der Waals surface area contributed by atoms with Gasteiger partial charge in [0.25, 0.3) is 0 Å². The molecule has 1 fully saturated rings. The van der Waals surface area contributed by atoms with Gasteiger partial charge in [-0.1, -0.05) is 44.2 Å². The minimum Gasteiger partial charge on any atom is -0.293 e. The molecule has 0 radical (unpaired) electrons. The smallest absolute Gasteiger partial charge is 0.174 e. The maximum Gasteiger partial charge on any atom is 0.174 e. The summed E-state index contributed by atoms with van der Waals surface area (Å²) < 4.78 is 0. The van der Waals surface area contributed by atoms with E-state index in [1.807, 2.05) is 30.4 Å². The van der Waals surface area contributed by atoms with Crippen molar-refractivity contribution in [2.24, 2.45) is 5.92 Å². The van der Waals surface area contributed by atoms with Crippen LogP contribution in [0.2, 0.25) is 0 Å². The lowest BCUT2D eigenvalue weighted by Gasteiger charge is -2.22. The number of hydrogen-bond donors (Lipinski definition) is 0. The summed E-state index contributed by atoms with van der Waals surface area (Å²) in [6, 6.07) is 8.01. The molecule has 96 valence electrons. The molecule has 0 aromatic heterocycles. The van der Waals surface area contributed by atoms with Gasteiger partial charge in [0.1, 0.15) is 0 Å². The number of benzene rings is 1. The van der Waals surface area contributed by atoms with E-state index in [1.54, 1.807) is 6.92 Å². The first-order chi connectivity index (χ1) is 8.92. The van der Waals surface area contributed by atoms with Crippen LogP contribution in [0.25, 0.3) is 6.08 Å². The van der Waals surface area contributed by atoms with Crippen LogP contribution in [0.5, 0.6) is 0 Å². The van der Waals surface area contributed by atoms with Crippen LogP contribution in [0.1, 0.15) is 31.9 Å². The molecule has 19 heavy (non-hydrogen) atoms. The van der Waals surface area contributed by atoms with Crippen molar-refractivity contribution >= 4 is 17.6 Å². The molecule has 1 saturated carbocycles. The Bertz CT molecular complexity index is 660. The van der Waals surface area contributed by atoms with E-state index in [9.17, 15) is 9.59 Å². The van der Waals surface area contributed by atoms with Gasteiger partial charge >= 0.3 is 0 Å². The van der Waals surface area contributed by atoms with E-state index in [0.29, 0.717) is 11.1 Å². The Hall–Kier alpha value is -1.96. The molecule has 0 heterocycles. The quantitative estimate of drug-likeness (QED) is 0.665. The summed E-state index contributed by atoms with van der Waals surface area (Å²) in [6.07, 6.45) is 3.83. The highest BCUT2D eigenvalue weighted by Crippen LogP contribution is 2.40. The number of hydrogen-bond acceptors (Lipinski definition) is 2. The number of rotatable bonds is 0. The molecule has 0 aliphatic heterocycles. The number of carbonyl (C=O) groups excluding carboxylic acids is 2. The molecular weight excluding hydrogens is 236 g/mol. The average Bonchev–Trinajstić information content (AvgIpc) is 2.53. The Balaban J connectivity index is 2.32. The predicted octanol–water partition coefficient (Wildman–Crippen LogP) is 3.08. The van der Waals surface area contributed by atoms with Crippen LogP contribution in [0, 0.1) is 5.92 Å². The van der Waals surface area contributed by atoms with Crippen molar-refractivity contribution in [1.82, 2.24) is 0 Å². The molecule has 1 unspecified atom stereocenters. The van der Waals surface area contributed by atoms with Crippen molar-refractivity contribution < 1.29 is 9.59 Å². The molecule has 0 amide bonds. The lowest BCUT2D eigenvalue weighted by Crippen LogP contribution is -2.17. The first-order valence-electron chi connectivity index (χ1n) is 6.54. The van der Waals surface area contributed by atoms with Gasteiger partial charge in [-0.15, -0.1) is 0 Å². The second-order valence-corrected chi connectivity index (χ2v) is 5.88. The van der Waals surface area contributed by atoms with Crippen LogP contribution in [0.4, 0.5) is 0 Å². The van der Waals surface area contributed by atoms with Gasteiger partial charge in [-0.2, -0.15) is 0 Å². The number of allylic oxidation sites excluding steroid dienone is 3. The van der Waals surface area contributed by atoms with Crippen LogP contribution in [-0.4, -0.2) is 11.6 Å². The molecule has 2 aliphatic carbocycles. The summed E-state index contributed by atoms with van der Waals surface area (Å²) in [5.41, 5.74) is 3.11. The summed E-state index contributed by atoms with van der Waals surface area (Å²) in [5, 5.41) is 0. The highest BCUT2D eigenvalue weighted by molar-refractivity contribution is 6.31. The topological polar surface area (TPSA) is 34.1 Å². The monoisotopic (exact) mass is 252 g/mol. The SMILES string of the molecule is CC1C(=O)C2=Cc3ccccc3C(C)(C)C=C2C1=O. The zero-order valence-electron chi connectivity index (χ0n) is 11.4. The lowest BCUT2D eigenvalue weighted by atomic mass is 9.81.